The summed E-state index contributed by atoms with van der Waals surface area (Å²) in [5.41, 5.74) is 2.25. The molecule has 0 saturated carbocycles. The molecule has 5 heteroatoms. The second-order valence-electron chi connectivity index (χ2n) is 5.49. The Morgan fingerprint density at radius 3 is 2.82 bits per heavy atom. The van der Waals surface area contributed by atoms with Crippen LogP contribution < -0.4 is 5.32 Å². The van der Waals surface area contributed by atoms with Crippen LogP contribution in [0.4, 0.5) is 0 Å². The van der Waals surface area contributed by atoms with Crippen molar-refractivity contribution in [2.75, 3.05) is 13.1 Å². The number of carbonyl (C=O) groups excluding carboxylic acids is 2. The third-order valence-electron chi connectivity index (χ3n) is 3.89. The van der Waals surface area contributed by atoms with E-state index in [4.69, 9.17) is 0 Å². The molecule has 0 aliphatic carbocycles. The second-order valence-corrected chi connectivity index (χ2v) is 6.27. The lowest BCUT2D eigenvalue weighted by Gasteiger charge is -2.16. The molecule has 1 aromatic heterocycles. The number of amides is 2. The van der Waals surface area contributed by atoms with Crippen molar-refractivity contribution in [1.29, 1.82) is 0 Å². The second kappa shape index (κ2) is 6.75. The van der Waals surface area contributed by atoms with Crippen molar-refractivity contribution < 1.29 is 9.59 Å². The standard InChI is InChI=1S/C17H18N2O2S/c20-16(18-9-13-6-7-22-12-13)11-19-10-15(8-17(19)21)14-4-2-1-3-5-14/h1-7,12,15H,8-11H2,(H,18,20)/t15-/m1/s1. The van der Waals surface area contributed by atoms with E-state index in [-0.39, 0.29) is 24.3 Å². The number of nitrogens with zero attached hydrogens (tertiary/aromatic N) is 1. The fourth-order valence-corrected chi connectivity index (χ4v) is 3.37. The lowest BCUT2D eigenvalue weighted by molar-refractivity contribution is -0.133. The largest absolute Gasteiger partial charge is 0.350 e. The average Bonchev–Trinajstić information content (AvgIpc) is 3.17. The number of hydrogen-bond acceptors (Lipinski definition) is 3. The van der Waals surface area contributed by atoms with Crippen LogP contribution in [0.1, 0.15) is 23.5 Å². The Morgan fingerprint density at radius 1 is 1.27 bits per heavy atom. The molecule has 3 rings (SSSR count). The Bertz CT molecular complexity index is 640. The van der Waals surface area contributed by atoms with Gasteiger partial charge in [0.25, 0.3) is 0 Å². The summed E-state index contributed by atoms with van der Waals surface area (Å²) >= 11 is 1.61. The first-order valence-electron chi connectivity index (χ1n) is 7.33. The lowest BCUT2D eigenvalue weighted by atomic mass is 9.99. The van der Waals surface area contributed by atoms with Crippen LogP contribution in [-0.2, 0) is 16.1 Å². The fourth-order valence-electron chi connectivity index (χ4n) is 2.70. The molecule has 0 spiro atoms. The minimum Gasteiger partial charge on any atom is -0.350 e. The van der Waals surface area contributed by atoms with E-state index in [2.05, 4.69) is 5.32 Å². The fraction of sp³-hybridized carbons (Fsp3) is 0.294. The zero-order valence-electron chi connectivity index (χ0n) is 12.2. The Hall–Kier alpha value is -2.14. The summed E-state index contributed by atoms with van der Waals surface area (Å²) in [6.45, 7) is 1.29. The first-order valence-corrected chi connectivity index (χ1v) is 8.27. The molecule has 4 nitrogen and oxygen atoms in total. The summed E-state index contributed by atoms with van der Waals surface area (Å²) in [5, 5.41) is 6.85. The smallest absolute Gasteiger partial charge is 0.239 e. The Morgan fingerprint density at radius 2 is 2.09 bits per heavy atom. The van der Waals surface area contributed by atoms with Gasteiger partial charge in [-0.05, 0) is 28.0 Å². The van der Waals surface area contributed by atoms with E-state index in [9.17, 15) is 9.59 Å². The molecule has 2 amide bonds. The van der Waals surface area contributed by atoms with Gasteiger partial charge < -0.3 is 10.2 Å². The summed E-state index contributed by atoms with van der Waals surface area (Å²) in [5.74, 6) is 0.145. The highest BCUT2D eigenvalue weighted by atomic mass is 32.1. The number of benzene rings is 1. The van der Waals surface area contributed by atoms with E-state index < -0.39 is 0 Å². The summed E-state index contributed by atoms with van der Waals surface area (Å²) < 4.78 is 0. The van der Waals surface area contributed by atoms with Crippen LogP contribution in [-0.4, -0.2) is 29.8 Å². The minimum atomic E-state index is -0.103. The minimum absolute atomic E-state index is 0.0551. The molecule has 1 aromatic carbocycles. The predicted octanol–water partition coefficient (Wildman–Crippen LogP) is 2.38. The maximum absolute atomic E-state index is 12.1. The number of rotatable bonds is 5. The van der Waals surface area contributed by atoms with Crippen LogP contribution in [0, 0.1) is 0 Å². The normalized spacial score (nSPS) is 17.7. The third-order valence-corrected chi connectivity index (χ3v) is 4.62. The van der Waals surface area contributed by atoms with Gasteiger partial charge in [-0.2, -0.15) is 11.3 Å². The average molecular weight is 314 g/mol. The molecule has 22 heavy (non-hydrogen) atoms. The highest BCUT2D eigenvalue weighted by Crippen LogP contribution is 2.27. The van der Waals surface area contributed by atoms with E-state index in [1.54, 1.807) is 16.2 Å². The summed E-state index contributed by atoms with van der Waals surface area (Å²) in [4.78, 5) is 25.7. The van der Waals surface area contributed by atoms with Crippen molar-refractivity contribution in [3.05, 3.63) is 58.3 Å². The summed E-state index contributed by atoms with van der Waals surface area (Å²) in [7, 11) is 0. The molecular weight excluding hydrogens is 296 g/mol. The van der Waals surface area contributed by atoms with Gasteiger partial charge in [-0.3, -0.25) is 9.59 Å². The van der Waals surface area contributed by atoms with Gasteiger partial charge in [0.15, 0.2) is 0 Å². The molecule has 1 fully saturated rings. The number of likely N-dealkylation sites (tertiary alicyclic amines) is 1. The van der Waals surface area contributed by atoms with E-state index in [0.29, 0.717) is 19.5 Å². The van der Waals surface area contributed by atoms with Crippen LogP contribution in [0.3, 0.4) is 0 Å². The Balaban J connectivity index is 1.52. The number of carbonyl (C=O) groups is 2. The molecule has 1 atom stereocenters. The van der Waals surface area contributed by atoms with Gasteiger partial charge in [-0.15, -0.1) is 0 Å². The van der Waals surface area contributed by atoms with Gasteiger partial charge in [-0.1, -0.05) is 30.3 Å². The van der Waals surface area contributed by atoms with Gasteiger partial charge in [0.1, 0.15) is 0 Å². The molecule has 0 unspecified atom stereocenters. The molecule has 2 heterocycles. The quantitative estimate of drug-likeness (QED) is 0.921. The monoisotopic (exact) mass is 314 g/mol. The number of hydrogen-bond donors (Lipinski definition) is 1. The van der Waals surface area contributed by atoms with Crippen LogP contribution in [0.15, 0.2) is 47.2 Å². The highest BCUT2D eigenvalue weighted by Gasteiger charge is 2.31. The first-order chi connectivity index (χ1) is 10.7. The van der Waals surface area contributed by atoms with Gasteiger partial charge in [-0.25, -0.2) is 0 Å². The molecule has 1 saturated heterocycles. The Kier molecular flexibility index (Phi) is 4.53. The van der Waals surface area contributed by atoms with Gasteiger partial charge in [0.05, 0.1) is 6.54 Å². The van der Waals surface area contributed by atoms with Crippen molar-refractivity contribution >= 4 is 23.2 Å². The van der Waals surface area contributed by atoms with Gasteiger partial charge in [0.2, 0.25) is 11.8 Å². The van der Waals surface area contributed by atoms with Crippen LogP contribution >= 0.6 is 11.3 Å². The predicted molar refractivity (Wildman–Crippen MR) is 86.5 cm³/mol. The van der Waals surface area contributed by atoms with E-state index >= 15 is 0 Å². The van der Waals surface area contributed by atoms with Crippen LogP contribution in [0.2, 0.25) is 0 Å². The maximum Gasteiger partial charge on any atom is 0.239 e. The van der Waals surface area contributed by atoms with Gasteiger partial charge in [0, 0.05) is 25.4 Å². The molecule has 2 aromatic rings. The third kappa shape index (κ3) is 3.54. The lowest BCUT2D eigenvalue weighted by Crippen LogP contribution is -2.37. The van der Waals surface area contributed by atoms with Crippen LogP contribution in [0.25, 0.3) is 0 Å². The van der Waals surface area contributed by atoms with E-state index in [1.165, 1.54) is 0 Å². The zero-order valence-corrected chi connectivity index (χ0v) is 13.0. The van der Waals surface area contributed by atoms with Crippen molar-refractivity contribution in [3.63, 3.8) is 0 Å². The maximum atomic E-state index is 12.1. The molecule has 1 N–H and O–H groups in total. The molecule has 114 valence electrons. The van der Waals surface area contributed by atoms with Crippen molar-refractivity contribution in [1.82, 2.24) is 10.2 Å². The molecular formula is C17H18N2O2S. The molecule has 0 radical (unpaired) electrons. The van der Waals surface area contributed by atoms with Crippen LogP contribution in [0.5, 0.6) is 0 Å². The van der Waals surface area contributed by atoms with Crippen molar-refractivity contribution in [3.8, 4) is 0 Å². The van der Waals surface area contributed by atoms with Crippen molar-refractivity contribution in [2.24, 2.45) is 0 Å². The van der Waals surface area contributed by atoms with Gasteiger partial charge >= 0.3 is 0 Å². The zero-order chi connectivity index (χ0) is 15.4. The topological polar surface area (TPSA) is 49.4 Å². The van der Waals surface area contributed by atoms with E-state index in [0.717, 1.165) is 11.1 Å². The van der Waals surface area contributed by atoms with E-state index in [1.807, 2.05) is 47.2 Å². The number of nitrogens with one attached hydrogen (secondary N) is 1. The molecule has 1 aliphatic heterocycles. The summed E-state index contributed by atoms with van der Waals surface area (Å²) in [6.07, 6.45) is 0.488. The summed E-state index contributed by atoms with van der Waals surface area (Å²) in [6, 6.07) is 12.0. The van der Waals surface area contributed by atoms with Crippen molar-refractivity contribution in [2.45, 2.75) is 18.9 Å². The molecule has 0 bridgehead atoms. The molecule has 1 aliphatic rings. The number of thiophene rings is 1. The SMILES string of the molecule is O=C(CN1C[C@H](c2ccccc2)CC1=O)NCc1ccsc1. The first kappa shape index (κ1) is 14.8. The highest BCUT2D eigenvalue weighted by molar-refractivity contribution is 7.07. The Labute approximate surface area is 133 Å².